The molecule has 0 heterocycles. The van der Waals surface area contributed by atoms with Crippen molar-refractivity contribution in [1.82, 2.24) is 10.2 Å². The maximum absolute atomic E-state index is 14.1. The van der Waals surface area contributed by atoms with E-state index >= 15 is 0 Å². The summed E-state index contributed by atoms with van der Waals surface area (Å²) >= 11 is 6.42. The minimum atomic E-state index is -4.13. The van der Waals surface area contributed by atoms with Crippen molar-refractivity contribution >= 4 is 39.1 Å². The molecule has 0 saturated carbocycles. The number of amides is 2. The van der Waals surface area contributed by atoms with E-state index in [1.807, 2.05) is 40.7 Å². The molecule has 0 spiro atoms. The molecule has 2 amide bonds. The summed E-state index contributed by atoms with van der Waals surface area (Å²) in [5, 5.41) is 3.38. The number of aryl methyl sites for hydroxylation is 2. The van der Waals surface area contributed by atoms with Crippen molar-refractivity contribution in [3.8, 4) is 0 Å². The topological polar surface area (TPSA) is 86.8 Å². The van der Waals surface area contributed by atoms with Crippen molar-refractivity contribution in [2.24, 2.45) is 0 Å². The molecule has 3 aromatic carbocycles. The molecule has 3 aromatic rings. The predicted octanol–water partition coefficient (Wildman–Crippen LogP) is 5.79. The Morgan fingerprint density at radius 2 is 1.57 bits per heavy atom. The monoisotopic (exact) mass is 583 g/mol. The third kappa shape index (κ3) is 7.23. The molecule has 0 unspecified atom stereocenters. The van der Waals surface area contributed by atoms with E-state index in [9.17, 15) is 18.0 Å². The van der Waals surface area contributed by atoms with E-state index in [4.69, 9.17) is 11.6 Å². The minimum Gasteiger partial charge on any atom is -0.352 e. The van der Waals surface area contributed by atoms with Crippen LogP contribution in [0.4, 0.5) is 5.69 Å². The molecular formula is C31H38ClN3O4S. The Morgan fingerprint density at radius 3 is 2.20 bits per heavy atom. The van der Waals surface area contributed by atoms with Crippen LogP contribution in [-0.4, -0.2) is 43.8 Å². The summed E-state index contributed by atoms with van der Waals surface area (Å²) in [6.45, 7) is 10.6. The fraction of sp³-hybridized carbons (Fsp3) is 0.355. The smallest absolute Gasteiger partial charge is 0.264 e. The summed E-state index contributed by atoms with van der Waals surface area (Å²) < 4.78 is 29.2. The Kier molecular flexibility index (Phi) is 10.4. The van der Waals surface area contributed by atoms with Gasteiger partial charge in [0.05, 0.1) is 10.6 Å². The van der Waals surface area contributed by atoms with E-state index in [1.54, 1.807) is 55.5 Å². The van der Waals surface area contributed by atoms with Crippen LogP contribution in [0.15, 0.2) is 71.6 Å². The van der Waals surface area contributed by atoms with Gasteiger partial charge < -0.3 is 10.2 Å². The average molecular weight is 584 g/mol. The number of hydrogen-bond acceptors (Lipinski definition) is 4. The molecule has 0 aliphatic rings. The number of hydrogen-bond donors (Lipinski definition) is 1. The number of rotatable bonds is 11. The van der Waals surface area contributed by atoms with Crippen LogP contribution < -0.4 is 9.62 Å². The summed E-state index contributed by atoms with van der Waals surface area (Å²) in [6.07, 6.45) is 0.728. The summed E-state index contributed by atoms with van der Waals surface area (Å²) in [5.74, 6) is -0.849. The number of carbonyl (C=O) groups is 2. The summed E-state index contributed by atoms with van der Waals surface area (Å²) in [5.41, 5.74) is 3.61. The van der Waals surface area contributed by atoms with Crippen LogP contribution >= 0.6 is 11.6 Å². The first-order valence-corrected chi connectivity index (χ1v) is 15.2. The number of benzene rings is 3. The summed E-state index contributed by atoms with van der Waals surface area (Å²) in [4.78, 5) is 28.7. The van der Waals surface area contributed by atoms with E-state index in [2.05, 4.69) is 5.32 Å². The molecule has 0 radical (unpaired) electrons. The van der Waals surface area contributed by atoms with Gasteiger partial charge in [-0.1, -0.05) is 66.6 Å². The zero-order valence-electron chi connectivity index (χ0n) is 23.9. The minimum absolute atomic E-state index is 0.0405. The van der Waals surface area contributed by atoms with Gasteiger partial charge in [-0.05, 0) is 82.0 Å². The molecule has 9 heteroatoms. The van der Waals surface area contributed by atoms with Gasteiger partial charge in [0.2, 0.25) is 11.8 Å². The van der Waals surface area contributed by atoms with Crippen molar-refractivity contribution in [1.29, 1.82) is 0 Å². The van der Waals surface area contributed by atoms with Crippen LogP contribution in [0.25, 0.3) is 0 Å². The highest BCUT2D eigenvalue weighted by Crippen LogP contribution is 2.29. The van der Waals surface area contributed by atoms with Crippen LogP contribution in [0.1, 0.15) is 49.4 Å². The van der Waals surface area contributed by atoms with Crippen molar-refractivity contribution in [2.75, 3.05) is 10.8 Å². The molecule has 2 atom stereocenters. The van der Waals surface area contributed by atoms with Gasteiger partial charge in [0.15, 0.2) is 0 Å². The molecule has 1 N–H and O–H groups in total. The van der Waals surface area contributed by atoms with Gasteiger partial charge in [0, 0.05) is 17.6 Å². The van der Waals surface area contributed by atoms with Crippen molar-refractivity contribution in [2.45, 2.75) is 71.5 Å². The Hall–Kier alpha value is -3.36. The van der Waals surface area contributed by atoms with Gasteiger partial charge >= 0.3 is 0 Å². The van der Waals surface area contributed by atoms with Gasteiger partial charge in [-0.2, -0.15) is 0 Å². The lowest BCUT2D eigenvalue weighted by molar-refractivity contribution is -0.139. The Balaban J connectivity index is 2.08. The molecule has 214 valence electrons. The number of nitrogens with zero attached hydrogens (tertiary/aromatic N) is 2. The molecule has 0 aromatic heterocycles. The number of carbonyl (C=O) groups excluding carboxylic acids is 2. The zero-order chi connectivity index (χ0) is 29.6. The SMILES string of the molecule is CC[C@H](C)NC(=O)[C@H](C)N(Cc1ccccc1Cl)C(=O)CN(c1cccc(C)c1C)S(=O)(=O)c1ccc(C)cc1. The molecule has 3 rings (SSSR count). The fourth-order valence-electron chi connectivity index (χ4n) is 4.21. The first-order chi connectivity index (χ1) is 18.9. The lowest BCUT2D eigenvalue weighted by atomic mass is 10.1. The molecule has 40 heavy (non-hydrogen) atoms. The van der Waals surface area contributed by atoms with Gasteiger partial charge in [-0.25, -0.2) is 8.42 Å². The molecule has 0 aliphatic carbocycles. The van der Waals surface area contributed by atoms with Crippen LogP contribution in [0.2, 0.25) is 5.02 Å². The second kappa shape index (κ2) is 13.3. The molecule has 0 bridgehead atoms. The third-order valence-electron chi connectivity index (χ3n) is 7.20. The Labute approximate surface area is 243 Å². The maximum atomic E-state index is 14.1. The highest BCUT2D eigenvalue weighted by Gasteiger charge is 2.33. The van der Waals surface area contributed by atoms with Crippen LogP contribution in [0.3, 0.4) is 0 Å². The molecular weight excluding hydrogens is 546 g/mol. The number of halogens is 1. The van der Waals surface area contributed by atoms with Crippen molar-refractivity contribution in [3.05, 3.63) is 94.0 Å². The molecule has 0 aliphatic heterocycles. The van der Waals surface area contributed by atoms with Crippen LogP contribution in [-0.2, 0) is 26.2 Å². The van der Waals surface area contributed by atoms with Gasteiger partial charge in [-0.3, -0.25) is 13.9 Å². The largest absolute Gasteiger partial charge is 0.352 e. The second-order valence-electron chi connectivity index (χ2n) is 10.2. The van der Waals surface area contributed by atoms with E-state index < -0.39 is 28.5 Å². The predicted molar refractivity (Wildman–Crippen MR) is 161 cm³/mol. The highest BCUT2D eigenvalue weighted by molar-refractivity contribution is 7.92. The first kappa shape index (κ1) is 31.2. The lowest BCUT2D eigenvalue weighted by Gasteiger charge is -2.33. The summed E-state index contributed by atoms with van der Waals surface area (Å²) in [7, 11) is -4.13. The zero-order valence-corrected chi connectivity index (χ0v) is 25.5. The molecule has 0 fully saturated rings. The number of sulfonamides is 1. The maximum Gasteiger partial charge on any atom is 0.264 e. The first-order valence-electron chi connectivity index (χ1n) is 13.4. The standard InChI is InChI=1S/C31H38ClN3O4S/c1-7-23(4)33-31(37)25(6)34(19-26-12-8-9-13-28(26)32)30(36)20-35(29-14-10-11-22(3)24(29)5)40(38,39)27-17-15-21(2)16-18-27/h8-18,23,25H,7,19-20H2,1-6H3,(H,33,37)/t23-,25-/m0/s1. The second-order valence-corrected chi connectivity index (χ2v) is 12.4. The molecule has 7 nitrogen and oxygen atoms in total. The van der Waals surface area contributed by atoms with Crippen molar-refractivity contribution in [3.63, 3.8) is 0 Å². The van der Waals surface area contributed by atoms with E-state index in [-0.39, 0.29) is 23.4 Å². The van der Waals surface area contributed by atoms with Gasteiger partial charge in [-0.15, -0.1) is 0 Å². The van der Waals surface area contributed by atoms with E-state index in [0.29, 0.717) is 16.3 Å². The normalized spacial score (nSPS) is 12.9. The van der Waals surface area contributed by atoms with Crippen LogP contribution in [0, 0.1) is 20.8 Å². The van der Waals surface area contributed by atoms with E-state index in [0.717, 1.165) is 27.4 Å². The number of anilines is 1. The Morgan fingerprint density at radius 1 is 0.925 bits per heavy atom. The highest BCUT2D eigenvalue weighted by atomic mass is 35.5. The Bertz CT molecular complexity index is 1460. The van der Waals surface area contributed by atoms with Crippen LogP contribution in [0.5, 0.6) is 0 Å². The van der Waals surface area contributed by atoms with Gasteiger partial charge in [0.25, 0.3) is 10.0 Å². The fourth-order valence-corrected chi connectivity index (χ4v) is 5.88. The van der Waals surface area contributed by atoms with Gasteiger partial charge in [0.1, 0.15) is 12.6 Å². The number of nitrogens with one attached hydrogen (secondary N) is 1. The third-order valence-corrected chi connectivity index (χ3v) is 9.34. The summed E-state index contributed by atoms with van der Waals surface area (Å²) in [6, 6.07) is 18.0. The average Bonchev–Trinajstić information content (AvgIpc) is 2.92. The quantitative estimate of drug-likeness (QED) is 0.309. The van der Waals surface area contributed by atoms with Crippen molar-refractivity contribution < 1.29 is 18.0 Å². The lowest BCUT2D eigenvalue weighted by Crippen LogP contribution is -2.52. The van der Waals surface area contributed by atoms with E-state index in [1.165, 1.54) is 17.0 Å². The molecule has 0 saturated heterocycles.